The molecule has 10 heteroatoms. The molecule has 190 valence electrons. The monoisotopic (exact) mass is 547 g/mol. The zero-order chi connectivity index (χ0) is 26.3. The third-order valence-electron chi connectivity index (χ3n) is 5.63. The number of nitrogens with one attached hydrogen (secondary N) is 1. The van der Waals surface area contributed by atoms with Crippen LogP contribution in [0.25, 0.3) is 0 Å². The van der Waals surface area contributed by atoms with E-state index in [2.05, 4.69) is 5.32 Å². The maximum atomic E-state index is 13.8. The van der Waals surface area contributed by atoms with Gasteiger partial charge < -0.3 is 10.2 Å². The van der Waals surface area contributed by atoms with Gasteiger partial charge in [0.25, 0.3) is 0 Å². The quantitative estimate of drug-likeness (QED) is 0.413. The molecular weight excluding hydrogens is 521 g/mol. The zero-order valence-corrected chi connectivity index (χ0v) is 22.2. The minimum atomic E-state index is -3.81. The minimum absolute atomic E-state index is 0.0886. The predicted octanol–water partition coefficient (Wildman–Crippen LogP) is 4.15. The number of nitrogens with zero attached hydrogens (tertiary/aromatic N) is 2. The fourth-order valence-corrected chi connectivity index (χ4v) is 5.15. The lowest BCUT2D eigenvalue weighted by Gasteiger charge is -2.33. The molecule has 0 heterocycles. The van der Waals surface area contributed by atoms with Crippen LogP contribution in [0.15, 0.2) is 78.9 Å². The van der Waals surface area contributed by atoms with Crippen molar-refractivity contribution in [2.45, 2.75) is 19.0 Å². The van der Waals surface area contributed by atoms with Gasteiger partial charge in [-0.2, -0.15) is 0 Å². The van der Waals surface area contributed by atoms with Crippen LogP contribution in [0.5, 0.6) is 0 Å². The molecule has 0 fully saturated rings. The number of hydrogen-bond acceptors (Lipinski definition) is 4. The third kappa shape index (κ3) is 7.00. The molecule has 7 nitrogen and oxygen atoms in total. The van der Waals surface area contributed by atoms with Gasteiger partial charge in [-0.1, -0.05) is 77.8 Å². The van der Waals surface area contributed by atoms with E-state index in [-0.39, 0.29) is 13.0 Å². The summed E-state index contributed by atoms with van der Waals surface area (Å²) in [5, 5.41) is 3.28. The zero-order valence-electron chi connectivity index (χ0n) is 19.9. The van der Waals surface area contributed by atoms with Crippen molar-refractivity contribution in [2.24, 2.45) is 0 Å². The van der Waals surface area contributed by atoms with Crippen molar-refractivity contribution in [2.75, 3.05) is 24.2 Å². The van der Waals surface area contributed by atoms with E-state index in [1.807, 2.05) is 30.3 Å². The SMILES string of the molecule is CNC(=O)[C@@H](Cc1ccccc1)N(Cc1c(Cl)cccc1Cl)C(=O)CN(c1ccccc1)S(C)(=O)=O. The van der Waals surface area contributed by atoms with Crippen molar-refractivity contribution in [1.82, 2.24) is 10.2 Å². The van der Waals surface area contributed by atoms with Gasteiger partial charge >= 0.3 is 0 Å². The summed E-state index contributed by atoms with van der Waals surface area (Å²) in [6.45, 7) is -0.595. The van der Waals surface area contributed by atoms with Gasteiger partial charge in [-0.05, 0) is 29.8 Å². The molecule has 0 aliphatic heterocycles. The largest absolute Gasteiger partial charge is 0.357 e. The number of rotatable bonds is 10. The molecule has 0 unspecified atom stereocenters. The van der Waals surface area contributed by atoms with Crippen LogP contribution >= 0.6 is 23.2 Å². The maximum absolute atomic E-state index is 13.8. The Bertz CT molecular complexity index is 1290. The number of halogens is 2. The number of likely N-dealkylation sites (N-methyl/N-ethyl adjacent to an activating group) is 1. The highest BCUT2D eigenvalue weighted by Crippen LogP contribution is 2.28. The van der Waals surface area contributed by atoms with Crippen LogP contribution in [0.4, 0.5) is 5.69 Å². The summed E-state index contributed by atoms with van der Waals surface area (Å²) >= 11 is 12.8. The molecule has 3 aromatic carbocycles. The van der Waals surface area contributed by atoms with E-state index < -0.39 is 34.4 Å². The molecule has 0 aromatic heterocycles. The van der Waals surface area contributed by atoms with Gasteiger partial charge in [0.1, 0.15) is 12.6 Å². The summed E-state index contributed by atoms with van der Waals surface area (Å²) in [5.74, 6) is -0.981. The van der Waals surface area contributed by atoms with Gasteiger partial charge in [0, 0.05) is 35.6 Å². The minimum Gasteiger partial charge on any atom is -0.357 e. The molecule has 0 aliphatic rings. The molecule has 3 aromatic rings. The number of carbonyl (C=O) groups excluding carboxylic acids is 2. The number of amides is 2. The normalized spacial score (nSPS) is 12.0. The number of anilines is 1. The molecule has 3 rings (SSSR count). The second kappa shape index (κ2) is 12.3. The van der Waals surface area contributed by atoms with Gasteiger partial charge in [0.15, 0.2) is 0 Å². The van der Waals surface area contributed by atoms with Crippen LogP contribution in [0.1, 0.15) is 11.1 Å². The van der Waals surface area contributed by atoms with Gasteiger partial charge in [-0.3, -0.25) is 13.9 Å². The average molecular weight is 548 g/mol. The van der Waals surface area contributed by atoms with E-state index in [0.717, 1.165) is 16.1 Å². The number of para-hydroxylation sites is 1. The Morgan fingerprint density at radius 1 is 0.889 bits per heavy atom. The molecule has 36 heavy (non-hydrogen) atoms. The first kappa shape index (κ1) is 27.5. The van der Waals surface area contributed by atoms with E-state index >= 15 is 0 Å². The highest BCUT2D eigenvalue weighted by atomic mass is 35.5. The molecule has 1 N–H and O–H groups in total. The third-order valence-corrected chi connectivity index (χ3v) is 7.48. The highest BCUT2D eigenvalue weighted by Gasteiger charge is 2.33. The molecule has 0 saturated heterocycles. The van der Waals surface area contributed by atoms with Crippen LogP contribution in [0.3, 0.4) is 0 Å². The fourth-order valence-electron chi connectivity index (χ4n) is 3.78. The Balaban J connectivity index is 2.06. The van der Waals surface area contributed by atoms with Crippen molar-refractivity contribution in [3.63, 3.8) is 0 Å². The summed E-state index contributed by atoms with van der Waals surface area (Å²) in [6, 6.07) is 21.6. The average Bonchev–Trinajstić information content (AvgIpc) is 2.86. The topological polar surface area (TPSA) is 86.8 Å². The Morgan fingerprint density at radius 2 is 1.44 bits per heavy atom. The van der Waals surface area contributed by atoms with E-state index in [9.17, 15) is 18.0 Å². The van der Waals surface area contributed by atoms with Crippen molar-refractivity contribution < 1.29 is 18.0 Å². The van der Waals surface area contributed by atoms with Gasteiger partial charge in [-0.25, -0.2) is 8.42 Å². The predicted molar refractivity (Wildman–Crippen MR) is 144 cm³/mol. The van der Waals surface area contributed by atoms with Gasteiger partial charge in [0.05, 0.1) is 11.9 Å². The second-order valence-corrected chi connectivity index (χ2v) is 10.9. The number of sulfonamides is 1. The second-order valence-electron chi connectivity index (χ2n) is 8.15. The first-order chi connectivity index (χ1) is 17.1. The summed E-state index contributed by atoms with van der Waals surface area (Å²) in [4.78, 5) is 28.2. The highest BCUT2D eigenvalue weighted by molar-refractivity contribution is 7.92. The lowest BCUT2D eigenvalue weighted by molar-refractivity contribution is -0.139. The molecule has 0 spiro atoms. The van der Waals surface area contributed by atoms with Crippen molar-refractivity contribution in [3.8, 4) is 0 Å². The number of hydrogen-bond donors (Lipinski definition) is 1. The van der Waals surface area contributed by atoms with E-state index in [1.165, 1.54) is 11.9 Å². The van der Waals surface area contributed by atoms with Crippen LogP contribution < -0.4 is 9.62 Å². The van der Waals surface area contributed by atoms with E-state index in [0.29, 0.717) is 21.3 Å². The molecule has 0 bridgehead atoms. The van der Waals surface area contributed by atoms with Crippen LogP contribution in [0, 0.1) is 0 Å². The maximum Gasteiger partial charge on any atom is 0.244 e. The number of benzene rings is 3. The standard InChI is InChI=1S/C26H27Cl2N3O4S/c1-29-26(33)24(16-19-10-5-3-6-11-19)30(17-21-22(27)14-9-15-23(21)28)25(32)18-31(36(2,34)35)20-12-7-4-8-13-20/h3-15,24H,16-18H2,1-2H3,(H,29,33)/t24-/m1/s1. The molecular formula is C26H27Cl2N3O4S. The summed E-state index contributed by atoms with van der Waals surface area (Å²) < 4.78 is 26.3. The Kier molecular flexibility index (Phi) is 9.37. The lowest BCUT2D eigenvalue weighted by atomic mass is 10.0. The fraction of sp³-hybridized carbons (Fsp3) is 0.231. The first-order valence-corrected chi connectivity index (χ1v) is 13.7. The summed E-state index contributed by atoms with van der Waals surface area (Å²) in [5.41, 5.74) is 1.63. The first-order valence-electron chi connectivity index (χ1n) is 11.1. The van der Waals surface area contributed by atoms with Crippen LogP contribution in [-0.4, -0.2) is 51.0 Å². The van der Waals surface area contributed by atoms with Crippen molar-refractivity contribution in [3.05, 3.63) is 100 Å². The van der Waals surface area contributed by atoms with Crippen LogP contribution in [0.2, 0.25) is 10.0 Å². The van der Waals surface area contributed by atoms with Gasteiger partial charge in [0.2, 0.25) is 21.8 Å². The number of carbonyl (C=O) groups is 2. The smallest absolute Gasteiger partial charge is 0.244 e. The molecule has 0 radical (unpaired) electrons. The van der Waals surface area contributed by atoms with Crippen LogP contribution in [-0.2, 0) is 32.6 Å². The molecule has 0 aliphatic carbocycles. The Hall–Kier alpha value is -3.07. The lowest BCUT2D eigenvalue weighted by Crippen LogP contribution is -2.53. The van der Waals surface area contributed by atoms with Crippen molar-refractivity contribution >= 4 is 50.7 Å². The molecule has 2 amide bonds. The molecule has 1 atom stereocenters. The van der Waals surface area contributed by atoms with E-state index in [4.69, 9.17) is 23.2 Å². The Labute approximate surface area is 221 Å². The Morgan fingerprint density at radius 3 is 1.97 bits per heavy atom. The van der Waals surface area contributed by atoms with Crippen molar-refractivity contribution in [1.29, 1.82) is 0 Å². The summed E-state index contributed by atoms with van der Waals surface area (Å²) in [7, 11) is -2.33. The summed E-state index contributed by atoms with van der Waals surface area (Å²) in [6.07, 6.45) is 1.24. The van der Waals surface area contributed by atoms with Gasteiger partial charge in [-0.15, -0.1) is 0 Å². The van der Waals surface area contributed by atoms with E-state index in [1.54, 1.807) is 48.5 Å². The molecule has 0 saturated carbocycles.